The molecule has 4 rings (SSSR count). The fourth-order valence-corrected chi connectivity index (χ4v) is 4.31. The molecule has 1 aromatic carbocycles. The number of hydrogen-bond acceptors (Lipinski definition) is 6. The van der Waals surface area contributed by atoms with Crippen LogP contribution in [0.1, 0.15) is 64.8 Å². The molecule has 3 aliphatic rings. The van der Waals surface area contributed by atoms with E-state index < -0.39 is 23.8 Å². The van der Waals surface area contributed by atoms with Crippen molar-refractivity contribution in [3.63, 3.8) is 0 Å². The van der Waals surface area contributed by atoms with Gasteiger partial charge in [0.15, 0.2) is 0 Å². The molecule has 1 unspecified atom stereocenters. The standard InChI is InChI=1S/C20H24N4O4/c21-12-4-6-13(7-5-12)22-10-11-2-1-3-14-17(11)20(28)24(19(14)27)15-8-9-16(25)23-18(15)26/h1-3,12-13,15,22H,4-10,21H2,(H,23,25,26). The molecular weight excluding hydrogens is 360 g/mol. The van der Waals surface area contributed by atoms with E-state index in [4.69, 9.17) is 5.73 Å². The summed E-state index contributed by atoms with van der Waals surface area (Å²) >= 11 is 0. The van der Waals surface area contributed by atoms with Gasteiger partial charge in [-0.15, -0.1) is 0 Å². The highest BCUT2D eigenvalue weighted by Gasteiger charge is 2.45. The topological polar surface area (TPSA) is 122 Å². The zero-order valence-corrected chi connectivity index (χ0v) is 15.6. The van der Waals surface area contributed by atoms with E-state index >= 15 is 0 Å². The van der Waals surface area contributed by atoms with Gasteiger partial charge in [-0.05, 0) is 43.7 Å². The number of hydrogen-bond donors (Lipinski definition) is 3. The molecule has 1 aliphatic carbocycles. The molecule has 2 aliphatic heterocycles. The lowest BCUT2D eigenvalue weighted by Gasteiger charge is -2.28. The molecule has 28 heavy (non-hydrogen) atoms. The number of amides is 4. The maximum atomic E-state index is 13.0. The van der Waals surface area contributed by atoms with Crippen LogP contribution >= 0.6 is 0 Å². The zero-order valence-electron chi connectivity index (χ0n) is 15.6. The predicted molar refractivity (Wildman–Crippen MR) is 100 cm³/mol. The Hall–Kier alpha value is -2.58. The predicted octanol–water partition coefficient (Wildman–Crippen LogP) is 0.447. The lowest BCUT2D eigenvalue weighted by molar-refractivity contribution is -0.136. The highest BCUT2D eigenvalue weighted by atomic mass is 16.2. The van der Waals surface area contributed by atoms with Gasteiger partial charge in [0, 0.05) is 25.0 Å². The first-order chi connectivity index (χ1) is 13.5. The van der Waals surface area contributed by atoms with E-state index in [1.807, 2.05) is 6.07 Å². The van der Waals surface area contributed by atoms with Gasteiger partial charge in [-0.2, -0.15) is 0 Å². The van der Waals surface area contributed by atoms with Crippen molar-refractivity contribution >= 4 is 23.6 Å². The second kappa shape index (κ2) is 7.44. The number of benzene rings is 1. The first-order valence-corrected chi connectivity index (χ1v) is 9.78. The van der Waals surface area contributed by atoms with Gasteiger partial charge < -0.3 is 11.1 Å². The molecule has 1 saturated heterocycles. The molecule has 0 bridgehead atoms. The largest absolute Gasteiger partial charge is 0.328 e. The summed E-state index contributed by atoms with van der Waals surface area (Å²) in [4.78, 5) is 50.5. The maximum Gasteiger partial charge on any atom is 0.262 e. The van der Waals surface area contributed by atoms with E-state index in [2.05, 4.69) is 10.6 Å². The van der Waals surface area contributed by atoms with Gasteiger partial charge >= 0.3 is 0 Å². The van der Waals surface area contributed by atoms with Crippen molar-refractivity contribution in [1.29, 1.82) is 0 Å². The number of nitrogens with one attached hydrogen (secondary N) is 2. The fourth-order valence-electron chi connectivity index (χ4n) is 4.31. The van der Waals surface area contributed by atoms with E-state index in [9.17, 15) is 19.2 Å². The summed E-state index contributed by atoms with van der Waals surface area (Å²) in [6.07, 6.45) is 4.21. The van der Waals surface area contributed by atoms with E-state index in [1.165, 1.54) is 0 Å². The van der Waals surface area contributed by atoms with Crippen LogP contribution in [0.25, 0.3) is 0 Å². The number of imide groups is 2. The molecule has 0 radical (unpaired) electrons. The van der Waals surface area contributed by atoms with Crippen LogP contribution in [-0.4, -0.2) is 46.7 Å². The minimum Gasteiger partial charge on any atom is -0.328 e. The third kappa shape index (κ3) is 3.33. The molecule has 1 atom stereocenters. The van der Waals surface area contributed by atoms with E-state index in [0.717, 1.165) is 36.1 Å². The van der Waals surface area contributed by atoms with E-state index in [1.54, 1.807) is 12.1 Å². The van der Waals surface area contributed by atoms with Gasteiger partial charge in [0.2, 0.25) is 11.8 Å². The molecule has 2 heterocycles. The Bertz CT molecular complexity index is 845. The Kier molecular flexibility index (Phi) is 4.99. The number of fused-ring (bicyclic) bond motifs is 1. The Labute approximate surface area is 162 Å². The molecule has 0 spiro atoms. The van der Waals surface area contributed by atoms with Crippen LogP contribution in [-0.2, 0) is 16.1 Å². The average molecular weight is 384 g/mol. The average Bonchev–Trinajstić information content (AvgIpc) is 2.93. The minimum atomic E-state index is -0.939. The van der Waals surface area contributed by atoms with Crippen LogP contribution in [0.3, 0.4) is 0 Å². The molecule has 4 amide bonds. The molecule has 1 aromatic rings. The lowest BCUT2D eigenvalue weighted by atomic mass is 9.91. The Morgan fingerprint density at radius 1 is 1.04 bits per heavy atom. The highest BCUT2D eigenvalue weighted by molar-refractivity contribution is 6.24. The number of rotatable bonds is 4. The molecule has 8 nitrogen and oxygen atoms in total. The summed E-state index contributed by atoms with van der Waals surface area (Å²) in [5.41, 5.74) is 7.38. The van der Waals surface area contributed by atoms with Crippen molar-refractivity contribution in [2.75, 3.05) is 0 Å². The molecule has 4 N–H and O–H groups in total. The Balaban J connectivity index is 1.53. The molecule has 1 saturated carbocycles. The van der Waals surface area contributed by atoms with Crippen molar-refractivity contribution in [3.05, 3.63) is 34.9 Å². The molecule has 148 valence electrons. The number of carbonyl (C=O) groups is 4. The SMILES string of the molecule is NC1CCC(NCc2cccc3c2C(=O)N(C2CCC(=O)NC2=O)C3=O)CC1. The third-order valence-electron chi connectivity index (χ3n) is 5.91. The zero-order chi connectivity index (χ0) is 19.8. The first-order valence-electron chi connectivity index (χ1n) is 9.78. The van der Waals surface area contributed by atoms with Crippen LogP contribution in [0.15, 0.2) is 18.2 Å². The number of carbonyl (C=O) groups excluding carboxylic acids is 4. The van der Waals surface area contributed by atoms with Crippen molar-refractivity contribution in [2.45, 2.75) is 63.2 Å². The molecule has 8 heteroatoms. The van der Waals surface area contributed by atoms with Crippen molar-refractivity contribution in [2.24, 2.45) is 5.73 Å². The summed E-state index contributed by atoms with van der Waals surface area (Å²) in [7, 11) is 0. The summed E-state index contributed by atoms with van der Waals surface area (Å²) in [5.74, 6) is -1.91. The van der Waals surface area contributed by atoms with Crippen LogP contribution in [0.2, 0.25) is 0 Å². The van der Waals surface area contributed by atoms with Gasteiger partial charge in [-0.1, -0.05) is 12.1 Å². The maximum absolute atomic E-state index is 13.0. The molecular formula is C20H24N4O4. The lowest BCUT2D eigenvalue weighted by Crippen LogP contribution is -2.54. The van der Waals surface area contributed by atoms with Gasteiger partial charge in [0.25, 0.3) is 11.8 Å². The van der Waals surface area contributed by atoms with Gasteiger partial charge in [-0.3, -0.25) is 29.4 Å². The summed E-state index contributed by atoms with van der Waals surface area (Å²) in [5, 5.41) is 5.68. The van der Waals surface area contributed by atoms with Gasteiger partial charge in [0.05, 0.1) is 11.1 Å². The van der Waals surface area contributed by atoms with E-state index in [-0.39, 0.29) is 24.8 Å². The number of nitrogens with two attached hydrogens (primary N) is 1. The van der Waals surface area contributed by atoms with E-state index in [0.29, 0.717) is 23.7 Å². The van der Waals surface area contributed by atoms with Gasteiger partial charge in [0.1, 0.15) is 6.04 Å². The van der Waals surface area contributed by atoms with Gasteiger partial charge in [-0.25, -0.2) is 0 Å². The molecule has 2 fully saturated rings. The van der Waals surface area contributed by atoms with Crippen LogP contribution in [0, 0.1) is 0 Å². The molecule has 0 aromatic heterocycles. The highest BCUT2D eigenvalue weighted by Crippen LogP contribution is 2.30. The summed E-state index contributed by atoms with van der Waals surface area (Å²) in [6.45, 7) is 0.477. The quantitative estimate of drug-likeness (QED) is 0.648. The monoisotopic (exact) mass is 384 g/mol. The normalized spacial score (nSPS) is 27.8. The summed E-state index contributed by atoms with van der Waals surface area (Å²) in [6, 6.07) is 4.87. The second-order valence-corrected chi connectivity index (χ2v) is 7.78. The van der Waals surface area contributed by atoms with Crippen molar-refractivity contribution in [3.8, 4) is 0 Å². The first kappa shape index (κ1) is 18.8. The third-order valence-corrected chi connectivity index (χ3v) is 5.91. The second-order valence-electron chi connectivity index (χ2n) is 7.78. The minimum absolute atomic E-state index is 0.113. The van der Waals surface area contributed by atoms with Crippen LogP contribution in [0.4, 0.5) is 0 Å². The Morgan fingerprint density at radius 3 is 2.50 bits per heavy atom. The Morgan fingerprint density at radius 2 is 1.79 bits per heavy atom. The number of nitrogens with zero attached hydrogens (tertiary/aromatic N) is 1. The smallest absolute Gasteiger partial charge is 0.262 e. The van der Waals surface area contributed by atoms with Crippen LogP contribution in [0.5, 0.6) is 0 Å². The van der Waals surface area contributed by atoms with Crippen LogP contribution < -0.4 is 16.4 Å². The fraction of sp³-hybridized carbons (Fsp3) is 0.500. The summed E-state index contributed by atoms with van der Waals surface area (Å²) < 4.78 is 0. The number of piperidine rings is 1. The van der Waals surface area contributed by atoms with Crippen molar-refractivity contribution < 1.29 is 19.2 Å². The van der Waals surface area contributed by atoms with Crippen molar-refractivity contribution in [1.82, 2.24) is 15.5 Å².